The Morgan fingerprint density at radius 2 is 2.29 bits per heavy atom. The molecule has 2 aromatic rings. The summed E-state index contributed by atoms with van der Waals surface area (Å²) < 4.78 is 10.9. The highest BCUT2D eigenvalue weighted by atomic mass is 32.1. The van der Waals surface area contributed by atoms with Gasteiger partial charge in [0.05, 0.1) is 23.9 Å². The highest BCUT2D eigenvalue weighted by molar-refractivity contribution is 7.09. The quantitative estimate of drug-likeness (QED) is 0.863. The van der Waals surface area contributed by atoms with Crippen LogP contribution in [0.5, 0.6) is 0 Å². The SMILES string of the molecule is Cc1noc(C2COCCN2Cc2csc(C3CC3)n2)n1. The molecule has 6 nitrogen and oxygen atoms in total. The van der Waals surface area contributed by atoms with Crippen LogP contribution < -0.4 is 0 Å². The zero-order chi connectivity index (χ0) is 14.2. The lowest BCUT2D eigenvalue weighted by Crippen LogP contribution is -2.39. The Morgan fingerprint density at radius 1 is 1.38 bits per heavy atom. The molecule has 0 N–H and O–H groups in total. The van der Waals surface area contributed by atoms with E-state index >= 15 is 0 Å². The van der Waals surface area contributed by atoms with Gasteiger partial charge in [-0.25, -0.2) is 4.98 Å². The van der Waals surface area contributed by atoms with Crippen LogP contribution in [0.25, 0.3) is 0 Å². The number of aromatic nitrogens is 3. The molecule has 2 fully saturated rings. The van der Waals surface area contributed by atoms with E-state index in [0.717, 1.165) is 31.3 Å². The number of nitrogens with zero attached hydrogens (tertiary/aromatic N) is 4. The fourth-order valence-corrected chi connectivity index (χ4v) is 3.61. The largest absolute Gasteiger partial charge is 0.378 e. The van der Waals surface area contributed by atoms with Crippen molar-refractivity contribution in [2.24, 2.45) is 0 Å². The lowest BCUT2D eigenvalue weighted by atomic mass is 10.2. The van der Waals surface area contributed by atoms with Gasteiger partial charge in [0.25, 0.3) is 0 Å². The van der Waals surface area contributed by atoms with Crippen molar-refractivity contribution in [2.75, 3.05) is 19.8 Å². The van der Waals surface area contributed by atoms with Crippen LogP contribution >= 0.6 is 11.3 Å². The number of morpholine rings is 1. The Kier molecular flexibility index (Phi) is 3.48. The van der Waals surface area contributed by atoms with E-state index in [-0.39, 0.29) is 6.04 Å². The van der Waals surface area contributed by atoms with Gasteiger partial charge in [0, 0.05) is 24.4 Å². The molecule has 1 saturated carbocycles. The highest BCUT2D eigenvalue weighted by Gasteiger charge is 2.31. The van der Waals surface area contributed by atoms with Crippen LogP contribution in [-0.4, -0.2) is 39.8 Å². The van der Waals surface area contributed by atoms with Crippen LogP contribution in [0.2, 0.25) is 0 Å². The van der Waals surface area contributed by atoms with Gasteiger partial charge in [-0.1, -0.05) is 5.16 Å². The number of ether oxygens (including phenoxy) is 1. The van der Waals surface area contributed by atoms with Crippen molar-refractivity contribution >= 4 is 11.3 Å². The van der Waals surface area contributed by atoms with E-state index < -0.39 is 0 Å². The van der Waals surface area contributed by atoms with Gasteiger partial charge in [-0.3, -0.25) is 4.90 Å². The molecule has 1 atom stereocenters. The minimum Gasteiger partial charge on any atom is -0.378 e. The predicted octanol–water partition coefficient (Wildman–Crippen LogP) is 2.29. The van der Waals surface area contributed by atoms with Gasteiger partial charge >= 0.3 is 0 Å². The summed E-state index contributed by atoms with van der Waals surface area (Å²) >= 11 is 1.79. The maximum absolute atomic E-state index is 5.58. The lowest BCUT2D eigenvalue weighted by molar-refractivity contribution is -0.0245. The third-order valence-electron chi connectivity index (χ3n) is 3.93. The number of hydrogen-bond acceptors (Lipinski definition) is 7. The summed E-state index contributed by atoms with van der Waals surface area (Å²) in [5, 5.41) is 7.36. The van der Waals surface area contributed by atoms with Crippen molar-refractivity contribution in [3.8, 4) is 0 Å². The average Bonchev–Trinajstić information content (AvgIpc) is 3.09. The first-order valence-electron chi connectivity index (χ1n) is 7.36. The van der Waals surface area contributed by atoms with E-state index in [2.05, 4.69) is 20.4 Å². The van der Waals surface area contributed by atoms with Crippen LogP contribution in [0.3, 0.4) is 0 Å². The van der Waals surface area contributed by atoms with Crippen molar-refractivity contribution in [2.45, 2.75) is 38.3 Å². The average molecular weight is 306 g/mol. The zero-order valence-corrected chi connectivity index (χ0v) is 12.8. The van der Waals surface area contributed by atoms with Crippen LogP contribution in [0.1, 0.15) is 47.2 Å². The van der Waals surface area contributed by atoms with E-state index in [0.29, 0.717) is 18.3 Å². The number of hydrogen-bond donors (Lipinski definition) is 0. The molecule has 112 valence electrons. The van der Waals surface area contributed by atoms with E-state index in [9.17, 15) is 0 Å². The van der Waals surface area contributed by atoms with Gasteiger partial charge in [0.2, 0.25) is 5.89 Å². The smallest absolute Gasteiger partial charge is 0.246 e. The minimum atomic E-state index is 0.0334. The summed E-state index contributed by atoms with van der Waals surface area (Å²) in [4.78, 5) is 11.4. The molecule has 2 aliphatic rings. The van der Waals surface area contributed by atoms with Crippen LogP contribution in [0.15, 0.2) is 9.90 Å². The second-order valence-corrected chi connectivity index (χ2v) is 6.58. The van der Waals surface area contributed by atoms with Crippen molar-refractivity contribution in [3.63, 3.8) is 0 Å². The molecule has 1 saturated heterocycles. The second-order valence-electron chi connectivity index (χ2n) is 5.69. The van der Waals surface area contributed by atoms with E-state index in [1.54, 1.807) is 11.3 Å². The van der Waals surface area contributed by atoms with Crippen LogP contribution in [0, 0.1) is 6.92 Å². The Balaban J connectivity index is 1.50. The molecule has 0 bridgehead atoms. The maximum Gasteiger partial charge on any atom is 0.246 e. The zero-order valence-electron chi connectivity index (χ0n) is 12.0. The monoisotopic (exact) mass is 306 g/mol. The van der Waals surface area contributed by atoms with Crippen molar-refractivity contribution in [3.05, 3.63) is 27.8 Å². The molecule has 7 heteroatoms. The fraction of sp³-hybridized carbons (Fsp3) is 0.643. The summed E-state index contributed by atoms with van der Waals surface area (Å²) in [5.74, 6) is 2.04. The molecule has 0 radical (unpaired) electrons. The third-order valence-corrected chi connectivity index (χ3v) is 4.98. The molecule has 0 spiro atoms. The van der Waals surface area contributed by atoms with Crippen molar-refractivity contribution < 1.29 is 9.26 Å². The number of rotatable bonds is 4. The van der Waals surface area contributed by atoms with E-state index in [1.165, 1.54) is 17.8 Å². The van der Waals surface area contributed by atoms with E-state index in [4.69, 9.17) is 14.2 Å². The molecular formula is C14H18N4O2S. The molecule has 2 aromatic heterocycles. The first-order chi connectivity index (χ1) is 10.3. The lowest BCUT2D eigenvalue weighted by Gasteiger charge is -2.32. The molecule has 4 rings (SSSR count). The summed E-state index contributed by atoms with van der Waals surface area (Å²) in [5.41, 5.74) is 1.14. The first-order valence-corrected chi connectivity index (χ1v) is 8.24. The molecule has 1 aliphatic carbocycles. The number of aryl methyl sites for hydroxylation is 1. The normalized spacial score (nSPS) is 23.6. The molecule has 0 aromatic carbocycles. The predicted molar refractivity (Wildman–Crippen MR) is 77.1 cm³/mol. The Bertz CT molecular complexity index is 622. The van der Waals surface area contributed by atoms with Crippen LogP contribution in [0.4, 0.5) is 0 Å². The van der Waals surface area contributed by atoms with Crippen molar-refractivity contribution in [1.29, 1.82) is 0 Å². The summed E-state index contributed by atoms with van der Waals surface area (Å²) in [6.07, 6.45) is 2.60. The van der Waals surface area contributed by atoms with Gasteiger partial charge in [-0.05, 0) is 19.8 Å². The van der Waals surface area contributed by atoms with Gasteiger partial charge < -0.3 is 9.26 Å². The molecule has 0 amide bonds. The van der Waals surface area contributed by atoms with Gasteiger partial charge in [0.15, 0.2) is 5.82 Å². The maximum atomic E-state index is 5.58. The molecule has 1 unspecified atom stereocenters. The van der Waals surface area contributed by atoms with Crippen LogP contribution in [-0.2, 0) is 11.3 Å². The van der Waals surface area contributed by atoms with Crippen molar-refractivity contribution in [1.82, 2.24) is 20.0 Å². The number of thiazole rings is 1. The van der Waals surface area contributed by atoms with Gasteiger partial charge in [0.1, 0.15) is 6.04 Å². The van der Waals surface area contributed by atoms with Gasteiger partial charge in [-0.15, -0.1) is 11.3 Å². The Morgan fingerprint density at radius 3 is 3.05 bits per heavy atom. The summed E-state index contributed by atoms with van der Waals surface area (Å²) in [7, 11) is 0. The molecular weight excluding hydrogens is 288 g/mol. The topological polar surface area (TPSA) is 64.3 Å². The summed E-state index contributed by atoms with van der Waals surface area (Å²) in [6.45, 7) is 4.86. The molecule has 21 heavy (non-hydrogen) atoms. The second kappa shape index (κ2) is 5.47. The summed E-state index contributed by atoms with van der Waals surface area (Å²) in [6, 6.07) is 0.0334. The molecule has 3 heterocycles. The van der Waals surface area contributed by atoms with Gasteiger partial charge in [-0.2, -0.15) is 4.98 Å². The standard InChI is InChI=1S/C14H18N4O2S/c1-9-15-13(20-17-9)12-7-19-5-4-18(12)6-11-8-21-14(16-11)10-2-3-10/h8,10,12H,2-7H2,1H3. The molecule has 1 aliphatic heterocycles. The third kappa shape index (κ3) is 2.86. The fourth-order valence-electron chi connectivity index (χ4n) is 2.62. The minimum absolute atomic E-state index is 0.0334. The Labute approximate surface area is 127 Å². The first kappa shape index (κ1) is 13.4. The Hall–Kier alpha value is -1.31. The highest BCUT2D eigenvalue weighted by Crippen LogP contribution is 2.41. The van der Waals surface area contributed by atoms with E-state index in [1.807, 2.05) is 6.92 Å².